The monoisotopic (exact) mass is 287 g/mol. The molecule has 0 unspecified atom stereocenters. The molecule has 0 bridgehead atoms. The minimum Gasteiger partial charge on any atom is -0.410 e. The third-order valence-electron chi connectivity index (χ3n) is 2.13. The van der Waals surface area contributed by atoms with Crippen LogP contribution < -0.4 is 9.46 Å². The van der Waals surface area contributed by atoms with Crippen molar-refractivity contribution in [1.29, 1.82) is 0 Å². The number of carbonyl (C=O) groups is 1. The van der Waals surface area contributed by atoms with E-state index in [0.717, 1.165) is 4.31 Å². The molecule has 0 aliphatic rings. The van der Waals surface area contributed by atoms with Crippen molar-refractivity contribution in [3.8, 4) is 5.75 Å². The lowest BCUT2D eigenvalue weighted by Crippen LogP contribution is -2.29. The molecule has 0 heterocycles. The lowest BCUT2D eigenvalue weighted by atomic mass is 10.3. The molecular weight excluding hydrogens is 270 g/mol. The van der Waals surface area contributed by atoms with Crippen LogP contribution in [0.5, 0.6) is 5.75 Å². The summed E-state index contributed by atoms with van der Waals surface area (Å²) >= 11 is 0. The van der Waals surface area contributed by atoms with Crippen LogP contribution in [0.4, 0.5) is 10.5 Å². The highest BCUT2D eigenvalue weighted by Crippen LogP contribution is 2.19. The van der Waals surface area contributed by atoms with Gasteiger partial charge < -0.3 is 9.64 Å². The first-order chi connectivity index (χ1) is 8.72. The summed E-state index contributed by atoms with van der Waals surface area (Å²) in [5.41, 5.74) is 0.317. The van der Waals surface area contributed by atoms with Gasteiger partial charge in [-0.3, -0.25) is 4.72 Å². The van der Waals surface area contributed by atoms with Crippen LogP contribution in [0.1, 0.15) is 0 Å². The van der Waals surface area contributed by atoms with E-state index in [0.29, 0.717) is 5.69 Å². The van der Waals surface area contributed by atoms with Crippen LogP contribution in [-0.4, -0.2) is 51.9 Å². The van der Waals surface area contributed by atoms with E-state index in [2.05, 4.69) is 4.72 Å². The number of amides is 1. The third kappa shape index (κ3) is 4.42. The van der Waals surface area contributed by atoms with Crippen molar-refractivity contribution in [2.45, 2.75) is 0 Å². The standard InChI is InChI=1S/C11H17N3O4S/c1-13(2)11(15)18-10-7-5-6-9(8-10)12-19(16,17)14(3)4/h5-8,12H,1-4H3. The van der Waals surface area contributed by atoms with E-state index < -0.39 is 16.3 Å². The smallest absolute Gasteiger partial charge is 0.410 e. The topological polar surface area (TPSA) is 79.0 Å². The second-order valence-corrected chi connectivity index (χ2v) is 6.06. The largest absolute Gasteiger partial charge is 0.414 e. The Bertz CT molecular complexity index is 555. The van der Waals surface area contributed by atoms with Crippen molar-refractivity contribution in [2.24, 2.45) is 0 Å². The van der Waals surface area contributed by atoms with Gasteiger partial charge in [-0.25, -0.2) is 4.79 Å². The molecule has 0 radical (unpaired) electrons. The normalized spacial score (nSPS) is 11.2. The molecule has 0 aliphatic carbocycles. The average molecular weight is 287 g/mol. The Balaban J connectivity index is 2.87. The van der Waals surface area contributed by atoms with Gasteiger partial charge in [0, 0.05) is 34.3 Å². The van der Waals surface area contributed by atoms with E-state index in [9.17, 15) is 13.2 Å². The molecule has 1 aromatic carbocycles. The number of carbonyl (C=O) groups excluding carboxylic acids is 1. The third-order valence-corrected chi connectivity index (χ3v) is 3.59. The van der Waals surface area contributed by atoms with Gasteiger partial charge in [0.25, 0.3) is 0 Å². The number of nitrogens with zero attached hydrogens (tertiary/aromatic N) is 2. The summed E-state index contributed by atoms with van der Waals surface area (Å²) in [6, 6.07) is 6.15. The van der Waals surface area contributed by atoms with E-state index in [1.807, 2.05) is 0 Å². The van der Waals surface area contributed by atoms with E-state index in [-0.39, 0.29) is 5.75 Å². The number of nitrogens with one attached hydrogen (secondary N) is 1. The zero-order valence-electron chi connectivity index (χ0n) is 11.2. The molecule has 0 spiro atoms. The molecule has 0 saturated carbocycles. The van der Waals surface area contributed by atoms with Crippen LogP contribution in [0.3, 0.4) is 0 Å². The van der Waals surface area contributed by atoms with Crippen LogP contribution in [0.25, 0.3) is 0 Å². The molecule has 0 atom stereocenters. The molecule has 1 N–H and O–H groups in total. The molecular formula is C11H17N3O4S. The number of hydrogen-bond acceptors (Lipinski definition) is 4. The van der Waals surface area contributed by atoms with Gasteiger partial charge in [0.1, 0.15) is 5.75 Å². The SMILES string of the molecule is CN(C)C(=O)Oc1cccc(NS(=O)(=O)N(C)C)c1. The Morgan fingerprint density at radius 3 is 2.37 bits per heavy atom. The summed E-state index contributed by atoms with van der Waals surface area (Å²) in [4.78, 5) is 12.6. The van der Waals surface area contributed by atoms with Crippen molar-refractivity contribution >= 4 is 22.0 Å². The summed E-state index contributed by atoms with van der Waals surface area (Å²) < 4.78 is 31.7. The van der Waals surface area contributed by atoms with Crippen molar-refractivity contribution in [1.82, 2.24) is 9.21 Å². The summed E-state index contributed by atoms with van der Waals surface area (Å²) in [7, 11) is 2.36. The number of rotatable bonds is 4. The van der Waals surface area contributed by atoms with Crippen molar-refractivity contribution in [2.75, 3.05) is 32.9 Å². The number of hydrogen-bond donors (Lipinski definition) is 1. The molecule has 1 amide bonds. The van der Waals surface area contributed by atoms with E-state index in [4.69, 9.17) is 4.74 Å². The zero-order valence-corrected chi connectivity index (χ0v) is 12.1. The quantitative estimate of drug-likeness (QED) is 0.894. The van der Waals surface area contributed by atoms with Gasteiger partial charge in [0.2, 0.25) is 0 Å². The van der Waals surface area contributed by atoms with Gasteiger partial charge >= 0.3 is 16.3 Å². The fraction of sp³-hybridized carbons (Fsp3) is 0.364. The Kier molecular flexibility index (Phi) is 4.73. The van der Waals surface area contributed by atoms with Gasteiger partial charge in [-0.15, -0.1) is 0 Å². The predicted octanol–water partition coefficient (Wildman–Crippen LogP) is 0.965. The Morgan fingerprint density at radius 1 is 1.21 bits per heavy atom. The molecule has 1 aromatic rings. The van der Waals surface area contributed by atoms with Crippen LogP contribution in [0.2, 0.25) is 0 Å². The highest BCUT2D eigenvalue weighted by molar-refractivity contribution is 7.90. The summed E-state index contributed by atoms with van der Waals surface area (Å²) in [6.07, 6.45) is -0.535. The lowest BCUT2D eigenvalue weighted by Gasteiger charge is -2.14. The highest BCUT2D eigenvalue weighted by atomic mass is 32.2. The fourth-order valence-corrected chi connectivity index (χ4v) is 1.66. The molecule has 106 valence electrons. The van der Waals surface area contributed by atoms with E-state index >= 15 is 0 Å². The van der Waals surface area contributed by atoms with Crippen molar-refractivity contribution in [3.05, 3.63) is 24.3 Å². The maximum Gasteiger partial charge on any atom is 0.414 e. The molecule has 8 heteroatoms. The maximum absolute atomic E-state index is 11.6. The molecule has 0 saturated heterocycles. The second kappa shape index (κ2) is 5.89. The fourth-order valence-electron chi connectivity index (χ4n) is 1.06. The van der Waals surface area contributed by atoms with E-state index in [1.54, 1.807) is 32.3 Å². The Morgan fingerprint density at radius 2 is 1.84 bits per heavy atom. The first-order valence-corrected chi connectivity index (χ1v) is 6.86. The van der Waals surface area contributed by atoms with Gasteiger partial charge in [0.05, 0.1) is 5.69 Å². The molecule has 7 nitrogen and oxygen atoms in total. The minimum atomic E-state index is -3.58. The lowest BCUT2D eigenvalue weighted by molar-refractivity contribution is 0.172. The first-order valence-electron chi connectivity index (χ1n) is 5.42. The summed E-state index contributed by atoms with van der Waals surface area (Å²) in [5.74, 6) is 0.262. The van der Waals surface area contributed by atoms with Crippen molar-refractivity contribution in [3.63, 3.8) is 0 Å². The molecule has 0 aliphatic heterocycles. The highest BCUT2D eigenvalue weighted by Gasteiger charge is 2.14. The number of benzene rings is 1. The van der Waals surface area contributed by atoms with E-state index in [1.165, 1.54) is 25.1 Å². The van der Waals surface area contributed by atoms with Gasteiger partial charge in [0.15, 0.2) is 0 Å². The van der Waals surface area contributed by atoms with Crippen LogP contribution in [-0.2, 0) is 10.2 Å². The summed E-state index contributed by atoms with van der Waals surface area (Å²) in [5, 5.41) is 0. The van der Waals surface area contributed by atoms with Gasteiger partial charge in [-0.2, -0.15) is 12.7 Å². The summed E-state index contributed by atoms with van der Waals surface area (Å²) in [6.45, 7) is 0. The molecule has 1 rings (SSSR count). The number of anilines is 1. The van der Waals surface area contributed by atoms with Gasteiger partial charge in [-0.1, -0.05) is 6.07 Å². The first kappa shape index (κ1) is 15.3. The second-order valence-electron chi connectivity index (χ2n) is 4.18. The average Bonchev–Trinajstić information content (AvgIpc) is 2.28. The minimum absolute atomic E-state index is 0.262. The van der Waals surface area contributed by atoms with Gasteiger partial charge in [-0.05, 0) is 12.1 Å². The van der Waals surface area contributed by atoms with Crippen LogP contribution in [0.15, 0.2) is 24.3 Å². The molecule has 0 fully saturated rings. The number of ether oxygens (including phenoxy) is 1. The Labute approximate surface area is 112 Å². The zero-order chi connectivity index (χ0) is 14.6. The van der Waals surface area contributed by atoms with Crippen LogP contribution >= 0.6 is 0 Å². The predicted molar refractivity (Wildman–Crippen MR) is 72.4 cm³/mol. The maximum atomic E-state index is 11.6. The van der Waals surface area contributed by atoms with Crippen molar-refractivity contribution < 1.29 is 17.9 Å². The molecule has 19 heavy (non-hydrogen) atoms. The Hall–Kier alpha value is -1.80. The molecule has 0 aromatic heterocycles. The van der Waals surface area contributed by atoms with Crippen LogP contribution in [0, 0.1) is 0 Å².